The quantitative estimate of drug-likeness (QED) is 0.626. The number of halogens is 1. The number of carbonyl (C=O) groups is 2. The molecule has 7 nitrogen and oxygen atoms in total. The van der Waals surface area contributed by atoms with Crippen LogP contribution in [0.15, 0.2) is 42.7 Å². The topological polar surface area (TPSA) is 96.3 Å². The summed E-state index contributed by atoms with van der Waals surface area (Å²) in [7, 11) is 0. The van der Waals surface area contributed by atoms with Gasteiger partial charge in [0.05, 0.1) is 12.1 Å². The number of nitrogens with zero attached hydrogens (tertiary/aromatic N) is 2. The SMILES string of the molecule is O=C(N[C@H]1CC[C@H](C(=O)NCCCn2cccn2)C[C@@H]1O)c1cccc(F)c1. The van der Waals surface area contributed by atoms with Crippen LogP contribution >= 0.6 is 0 Å². The summed E-state index contributed by atoms with van der Waals surface area (Å²) >= 11 is 0. The first-order chi connectivity index (χ1) is 13.5. The molecule has 1 aliphatic rings. The van der Waals surface area contributed by atoms with Gasteiger partial charge in [0.15, 0.2) is 0 Å². The first kappa shape index (κ1) is 20.0. The number of aromatic nitrogens is 2. The zero-order valence-electron chi connectivity index (χ0n) is 15.6. The van der Waals surface area contributed by atoms with Crippen molar-refractivity contribution in [1.29, 1.82) is 0 Å². The minimum Gasteiger partial charge on any atom is -0.391 e. The van der Waals surface area contributed by atoms with E-state index in [0.29, 0.717) is 25.8 Å². The molecule has 0 spiro atoms. The molecule has 1 fully saturated rings. The number of amides is 2. The lowest BCUT2D eigenvalue weighted by Crippen LogP contribution is -2.49. The molecule has 1 aliphatic carbocycles. The van der Waals surface area contributed by atoms with Crippen molar-refractivity contribution in [2.75, 3.05) is 6.54 Å². The van der Waals surface area contributed by atoms with Crippen LogP contribution < -0.4 is 10.6 Å². The highest BCUT2D eigenvalue weighted by atomic mass is 19.1. The third kappa shape index (κ3) is 5.39. The predicted molar refractivity (Wildman–Crippen MR) is 101 cm³/mol. The fourth-order valence-corrected chi connectivity index (χ4v) is 3.46. The zero-order valence-corrected chi connectivity index (χ0v) is 15.6. The summed E-state index contributed by atoms with van der Waals surface area (Å²) in [5.74, 6) is -1.26. The third-order valence-electron chi connectivity index (χ3n) is 5.01. The second-order valence-electron chi connectivity index (χ2n) is 7.08. The Labute approximate surface area is 162 Å². The number of rotatable bonds is 7. The molecule has 0 radical (unpaired) electrons. The van der Waals surface area contributed by atoms with Crippen LogP contribution in [-0.4, -0.2) is 45.4 Å². The Kier molecular flexibility index (Phi) is 6.76. The van der Waals surface area contributed by atoms with Gasteiger partial charge < -0.3 is 15.7 Å². The monoisotopic (exact) mass is 388 g/mol. The number of hydrogen-bond donors (Lipinski definition) is 3. The molecule has 0 bridgehead atoms. The van der Waals surface area contributed by atoms with E-state index in [1.54, 1.807) is 6.20 Å². The van der Waals surface area contributed by atoms with Crippen LogP contribution in [0.5, 0.6) is 0 Å². The fraction of sp³-hybridized carbons (Fsp3) is 0.450. The van der Waals surface area contributed by atoms with Gasteiger partial charge in [-0.1, -0.05) is 6.07 Å². The van der Waals surface area contributed by atoms with Gasteiger partial charge in [-0.15, -0.1) is 0 Å². The van der Waals surface area contributed by atoms with Crippen LogP contribution in [0.3, 0.4) is 0 Å². The fourth-order valence-electron chi connectivity index (χ4n) is 3.46. The Morgan fingerprint density at radius 2 is 2.14 bits per heavy atom. The zero-order chi connectivity index (χ0) is 19.9. The minimum absolute atomic E-state index is 0.0746. The van der Waals surface area contributed by atoms with E-state index in [4.69, 9.17) is 0 Å². The highest BCUT2D eigenvalue weighted by molar-refractivity contribution is 5.94. The lowest BCUT2D eigenvalue weighted by Gasteiger charge is -2.33. The standard InChI is InChI=1S/C20H25FN4O3/c21-16-5-1-4-14(12-16)20(28)24-17-7-6-15(13-18(17)26)19(27)22-8-2-10-25-11-3-9-23-25/h1,3-5,9,11-12,15,17-18,26H,2,6-8,10,13H2,(H,22,27)(H,24,28)/t15-,17-,18-/m0/s1. The van der Waals surface area contributed by atoms with Gasteiger partial charge in [0.25, 0.3) is 5.91 Å². The number of nitrogens with one attached hydrogen (secondary N) is 2. The Balaban J connectivity index is 1.41. The molecule has 0 saturated heterocycles. The Morgan fingerprint density at radius 3 is 2.86 bits per heavy atom. The van der Waals surface area contributed by atoms with Crippen LogP contribution in [0.2, 0.25) is 0 Å². The molecule has 3 N–H and O–H groups in total. The molecule has 1 saturated carbocycles. The van der Waals surface area contributed by atoms with E-state index >= 15 is 0 Å². The maximum atomic E-state index is 13.3. The molecular weight excluding hydrogens is 363 g/mol. The summed E-state index contributed by atoms with van der Waals surface area (Å²) < 4.78 is 15.1. The summed E-state index contributed by atoms with van der Waals surface area (Å²) in [6, 6.07) is 6.82. The molecule has 28 heavy (non-hydrogen) atoms. The average Bonchev–Trinajstić information content (AvgIpc) is 3.20. The van der Waals surface area contributed by atoms with E-state index in [2.05, 4.69) is 15.7 Å². The van der Waals surface area contributed by atoms with Crippen molar-refractivity contribution in [3.8, 4) is 0 Å². The van der Waals surface area contributed by atoms with Crippen LogP contribution in [0, 0.1) is 11.7 Å². The summed E-state index contributed by atoms with van der Waals surface area (Å²) in [6.45, 7) is 1.28. The van der Waals surface area contributed by atoms with Gasteiger partial charge in [0, 0.05) is 37.0 Å². The lowest BCUT2D eigenvalue weighted by molar-refractivity contribution is -0.127. The molecule has 1 aromatic carbocycles. The number of aryl methyl sites for hydroxylation is 1. The normalized spacial score (nSPS) is 21.9. The van der Waals surface area contributed by atoms with E-state index in [9.17, 15) is 19.1 Å². The van der Waals surface area contributed by atoms with Crippen molar-refractivity contribution in [3.05, 3.63) is 54.1 Å². The second kappa shape index (κ2) is 9.45. The van der Waals surface area contributed by atoms with Crippen LogP contribution in [0.25, 0.3) is 0 Å². The van der Waals surface area contributed by atoms with Crippen molar-refractivity contribution in [2.45, 2.75) is 44.4 Å². The van der Waals surface area contributed by atoms with Gasteiger partial charge in [0.2, 0.25) is 5.91 Å². The predicted octanol–water partition coefficient (Wildman–Crippen LogP) is 1.49. The lowest BCUT2D eigenvalue weighted by atomic mass is 9.83. The van der Waals surface area contributed by atoms with E-state index in [1.165, 1.54) is 18.2 Å². The number of carbonyl (C=O) groups excluding carboxylic acids is 2. The molecule has 8 heteroatoms. The van der Waals surface area contributed by atoms with Crippen molar-refractivity contribution in [2.24, 2.45) is 5.92 Å². The van der Waals surface area contributed by atoms with Gasteiger partial charge in [-0.2, -0.15) is 5.10 Å². The number of aliphatic hydroxyl groups excluding tert-OH is 1. The highest BCUT2D eigenvalue weighted by Gasteiger charge is 2.33. The second-order valence-corrected chi connectivity index (χ2v) is 7.08. The average molecular weight is 388 g/mol. The molecule has 2 aromatic rings. The molecule has 150 valence electrons. The molecule has 3 atom stereocenters. The van der Waals surface area contributed by atoms with E-state index in [-0.39, 0.29) is 17.4 Å². The van der Waals surface area contributed by atoms with Gasteiger partial charge in [-0.25, -0.2) is 4.39 Å². The van der Waals surface area contributed by atoms with Gasteiger partial charge in [-0.05, 0) is 49.9 Å². The number of hydrogen-bond acceptors (Lipinski definition) is 4. The maximum Gasteiger partial charge on any atom is 0.251 e. The van der Waals surface area contributed by atoms with Crippen molar-refractivity contribution in [1.82, 2.24) is 20.4 Å². The van der Waals surface area contributed by atoms with Gasteiger partial charge >= 0.3 is 0 Å². The molecule has 1 aromatic heterocycles. The molecule has 0 unspecified atom stereocenters. The number of aliphatic hydroxyl groups is 1. The molecule has 1 heterocycles. The van der Waals surface area contributed by atoms with Crippen molar-refractivity contribution in [3.63, 3.8) is 0 Å². The smallest absolute Gasteiger partial charge is 0.251 e. The Hall–Kier alpha value is -2.74. The van der Waals surface area contributed by atoms with Crippen LogP contribution in [-0.2, 0) is 11.3 Å². The first-order valence-corrected chi connectivity index (χ1v) is 9.52. The third-order valence-corrected chi connectivity index (χ3v) is 5.01. The largest absolute Gasteiger partial charge is 0.391 e. The summed E-state index contributed by atoms with van der Waals surface area (Å²) in [6.07, 6.45) is 4.91. The molecule has 0 aliphatic heterocycles. The van der Waals surface area contributed by atoms with Crippen molar-refractivity contribution >= 4 is 11.8 Å². The van der Waals surface area contributed by atoms with E-state index in [0.717, 1.165) is 19.0 Å². The minimum atomic E-state index is -0.814. The first-order valence-electron chi connectivity index (χ1n) is 9.52. The summed E-state index contributed by atoms with van der Waals surface area (Å²) in [4.78, 5) is 24.5. The summed E-state index contributed by atoms with van der Waals surface area (Å²) in [5.41, 5.74) is 0.212. The molecule has 2 amide bonds. The molecular formula is C20H25FN4O3. The van der Waals surface area contributed by atoms with Gasteiger partial charge in [-0.3, -0.25) is 14.3 Å². The maximum absolute atomic E-state index is 13.3. The highest BCUT2D eigenvalue weighted by Crippen LogP contribution is 2.25. The molecule has 3 rings (SSSR count). The Morgan fingerprint density at radius 1 is 1.29 bits per heavy atom. The van der Waals surface area contributed by atoms with Crippen LogP contribution in [0.4, 0.5) is 4.39 Å². The summed E-state index contributed by atoms with van der Waals surface area (Å²) in [5, 5.41) is 20.1. The number of benzene rings is 1. The van der Waals surface area contributed by atoms with E-state index in [1.807, 2.05) is 16.9 Å². The Bertz CT molecular complexity index is 797. The van der Waals surface area contributed by atoms with Crippen LogP contribution in [0.1, 0.15) is 36.0 Å². The van der Waals surface area contributed by atoms with E-state index < -0.39 is 23.9 Å². The van der Waals surface area contributed by atoms with Crippen molar-refractivity contribution < 1.29 is 19.1 Å². The van der Waals surface area contributed by atoms with Gasteiger partial charge in [0.1, 0.15) is 5.82 Å².